The van der Waals surface area contributed by atoms with Crippen LogP contribution in [-0.2, 0) is 13.0 Å². The molecule has 5 nitrogen and oxygen atoms in total. The fourth-order valence-corrected chi connectivity index (χ4v) is 2.83. The first-order valence-electron chi connectivity index (χ1n) is 6.97. The lowest BCUT2D eigenvalue weighted by molar-refractivity contribution is 0.246. The van der Waals surface area contributed by atoms with Crippen LogP contribution in [-0.4, -0.2) is 28.9 Å². The van der Waals surface area contributed by atoms with Crippen LogP contribution in [0.1, 0.15) is 11.1 Å². The van der Waals surface area contributed by atoms with E-state index in [0.29, 0.717) is 19.6 Å². The van der Waals surface area contributed by atoms with E-state index < -0.39 is 0 Å². The summed E-state index contributed by atoms with van der Waals surface area (Å²) in [4.78, 5) is 14.0. The fourth-order valence-electron chi connectivity index (χ4n) is 2.56. The molecule has 0 bridgehead atoms. The number of aromatic nitrogens is 2. The number of nitrogens with one attached hydrogen (secondary N) is 1. The first-order valence-corrected chi connectivity index (χ1v) is 7.35. The smallest absolute Gasteiger partial charge is 0.321 e. The van der Waals surface area contributed by atoms with Gasteiger partial charge in [0.05, 0.1) is 18.4 Å². The molecule has 0 saturated carbocycles. The van der Waals surface area contributed by atoms with E-state index in [9.17, 15) is 4.79 Å². The minimum Gasteiger partial charge on any atom is -0.336 e. The van der Waals surface area contributed by atoms with Crippen LogP contribution in [0.4, 0.5) is 10.5 Å². The van der Waals surface area contributed by atoms with Gasteiger partial charge in [-0.25, -0.2) is 4.79 Å². The molecule has 0 atom stereocenters. The number of anilines is 1. The van der Waals surface area contributed by atoms with Gasteiger partial charge in [-0.05, 0) is 36.6 Å². The van der Waals surface area contributed by atoms with Crippen molar-refractivity contribution >= 4 is 23.3 Å². The highest BCUT2D eigenvalue weighted by molar-refractivity contribution is 6.32. The summed E-state index contributed by atoms with van der Waals surface area (Å²) in [5, 5.41) is 7.85. The van der Waals surface area contributed by atoms with Gasteiger partial charge < -0.3 is 5.32 Å². The van der Waals surface area contributed by atoms with Crippen molar-refractivity contribution in [3.63, 3.8) is 0 Å². The van der Waals surface area contributed by atoms with E-state index in [2.05, 4.69) is 10.4 Å². The van der Waals surface area contributed by atoms with Gasteiger partial charge in [0, 0.05) is 24.3 Å². The van der Waals surface area contributed by atoms with Crippen LogP contribution in [0.15, 0.2) is 30.6 Å². The zero-order valence-corrected chi connectivity index (χ0v) is 12.6. The van der Waals surface area contributed by atoms with Crippen LogP contribution >= 0.6 is 11.6 Å². The SMILES string of the molecule is Cc1cnn(CCNC(=O)N2CCc3c(Cl)cccc32)c1. The van der Waals surface area contributed by atoms with E-state index in [-0.39, 0.29) is 6.03 Å². The largest absolute Gasteiger partial charge is 0.336 e. The second-order valence-corrected chi connectivity index (χ2v) is 5.56. The van der Waals surface area contributed by atoms with Gasteiger partial charge in [-0.3, -0.25) is 9.58 Å². The molecule has 1 aromatic carbocycles. The maximum atomic E-state index is 12.3. The molecular formula is C15H17ClN4O. The molecule has 0 unspecified atom stereocenters. The maximum absolute atomic E-state index is 12.3. The second kappa shape index (κ2) is 5.77. The molecule has 1 aliphatic heterocycles. The average Bonchev–Trinajstić information content (AvgIpc) is 3.06. The van der Waals surface area contributed by atoms with Crippen LogP contribution < -0.4 is 10.2 Å². The number of hydrogen-bond acceptors (Lipinski definition) is 2. The van der Waals surface area contributed by atoms with Gasteiger partial charge >= 0.3 is 6.03 Å². The summed E-state index contributed by atoms with van der Waals surface area (Å²) in [7, 11) is 0. The molecule has 0 saturated heterocycles. The Hall–Kier alpha value is -2.01. The number of carbonyl (C=O) groups is 1. The van der Waals surface area contributed by atoms with Gasteiger partial charge in [0.1, 0.15) is 0 Å². The van der Waals surface area contributed by atoms with E-state index in [1.807, 2.05) is 36.0 Å². The summed E-state index contributed by atoms with van der Waals surface area (Å²) >= 11 is 6.16. The third-order valence-corrected chi connectivity index (χ3v) is 3.95. The van der Waals surface area contributed by atoms with Crippen molar-refractivity contribution in [3.05, 3.63) is 46.7 Å². The van der Waals surface area contributed by atoms with Crippen molar-refractivity contribution in [2.75, 3.05) is 18.0 Å². The summed E-state index contributed by atoms with van der Waals surface area (Å²) in [5.41, 5.74) is 3.08. The molecule has 110 valence electrons. The number of benzene rings is 1. The molecule has 1 aromatic heterocycles. The molecule has 6 heteroatoms. The topological polar surface area (TPSA) is 50.2 Å². The Kier molecular flexibility index (Phi) is 3.84. The minimum atomic E-state index is -0.0834. The Morgan fingerprint density at radius 3 is 3.10 bits per heavy atom. The summed E-state index contributed by atoms with van der Waals surface area (Å²) < 4.78 is 1.82. The molecule has 0 aliphatic carbocycles. The molecule has 0 radical (unpaired) electrons. The molecule has 0 spiro atoms. The number of nitrogens with zero attached hydrogens (tertiary/aromatic N) is 3. The number of amides is 2. The fraction of sp³-hybridized carbons (Fsp3) is 0.333. The standard InChI is InChI=1S/C15H17ClN4O/c1-11-9-18-19(10-11)8-6-17-15(21)20-7-5-12-13(16)3-2-4-14(12)20/h2-4,9-10H,5-8H2,1H3,(H,17,21). The molecule has 1 aliphatic rings. The van der Waals surface area contributed by atoms with Crippen molar-refractivity contribution in [1.82, 2.24) is 15.1 Å². The van der Waals surface area contributed by atoms with Gasteiger partial charge in [0.25, 0.3) is 0 Å². The maximum Gasteiger partial charge on any atom is 0.321 e. The van der Waals surface area contributed by atoms with E-state index in [1.54, 1.807) is 11.1 Å². The van der Waals surface area contributed by atoms with Crippen LogP contribution in [0.25, 0.3) is 0 Å². The predicted molar refractivity (Wildman–Crippen MR) is 82.9 cm³/mol. The van der Waals surface area contributed by atoms with Crippen molar-refractivity contribution in [1.29, 1.82) is 0 Å². The van der Waals surface area contributed by atoms with Crippen molar-refractivity contribution in [2.45, 2.75) is 19.9 Å². The number of hydrogen-bond donors (Lipinski definition) is 1. The number of carbonyl (C=O) groups excluding carboxylic acids is 1. The quantitative estimate of drug-likeness (QED) is 0.947. The van der Waals surface area contributed by atoms with E-state index in [4.69, 9.17) is 11.6 Å². The van der Waals surface area contributed by atoms with Gasteiger partial charge in [0.15, 0.2) is 0 Å². The number of urea groups is 1. The van der Waals surface area contributed by atoms with Gasteiger partial charge in [-0.2, -0.15) is 5.10 Å². The molecule has 21 heavy (non-hydrogen) atoms. The van der Waals surface area contributed by atoms with Gasteiger partial charge in [-0.15, -0.1) is 0 Å². The molecule has 0 fully saturated rings. The number of rotatable bonds is 3. The van der Waals surface area contributed by atoms with E-state index in [1.165, 1.54) is 0 Å². The monoisotopic (exact) mass is 304 g/mol. The summed E-state index contributed by atoms with van der Waals surface area (Å²) in [6.45, 7) is 3.88. The minimum absolute atomic E-state index is 0.0834. The lowest BCUT2D eigenvalue weighted by atomic mass is 10.2. The molecule has 2 aromatic rings. The van der Waals surface area contributed by atoms with E-state index in [0.717, 1.165) is 28.3 Å². The Morgan fingerprint density at radius 2 is 2.33 bits per heavy atom. The van der Waals surface area contributed by atoms with E-state index >= 15 is 0 Å². The van der Waals surface area contributed by atoms with Crippen LogP contribution in [0.2, 0.25) is 5.02 Å². The normalized spacial score (nSPS) is 13.3. The second-order valence-electron chi connectivity index (χ2n) is 5.15. The summed E-state index contributed by atoms with van der Waals surface area (Å²) in [6, 6.07) is 5.59. The first kappa shape index (κ1) is 13.9. The zero-order chi connectivity index (χ0) is 14.8. The highest BCUT2D eigenvalue weighted by Crippen LogP contribution is 2.33. The number of fused-ring (bicyclic) bond motifs is 1. The molecular weight excluding hydrogens is 288 g/mol. The van der Waals surface area contributed by atoms with Gasteiger partial charge in [0.2, 0.25) is 0 Å². The molecule has 1 N–H and O–H groups in total. The van der Waals surface area contributed by atoms with Crippen molar-refractivity contribution in [2.24, 2.45) is 0 Å². The Morgan fingerprint density at radius 1 is 1.48 bits per heavy atom. The highest BCUT2D eigenvalue weighted by atomic mass is 35.5. The zero-order valence-electron chi connectivity index (χ0n) is 11.8. The van der Waals surface area contributed by atoms with Crippen LogP contribution in [0.5, 0.6) is 0 Å². The number of aryl methyl sites for hydroxylation is 1. The number of halogens is 1. The summed E-state index contributed by atoms with van der Waals surface area (Å²) in [5.74, 6) is 0. The predicted octanol–water partition coefficient (Wildman–Crippen LogP) is 2.62. The van der Waals surface area contributed by atoms with Crippen LogP contribution in [0, 0.1) is 6.92 Å². The lowest BCUT2D eigenvalue weighted by Crippen LogP contribution is -2.40. The molecule has 3 rings (SSSR count). The van der Waals surface area contributed by atoms with Crippen molar-refractivity contribution in [3.8, 4) is 0 Å². The Bertz CT molecular complexity index is 667. The Balaban J connectivity index is 1.59. The molecule has 2 heterocycles. The Labute approximate surface area is 128 Å². The van der Waals surface area contributed by atoms with Gasteiger partial charge in [-0.1, -0.05) is 17.7 Å². The van der Waals surface area contributed by atoms with Crippen molar-refractivity contribution < 1.29 is 4.79 Å². The summed E-state index contributed by atoms with van der Waals surface area (Å²) in [6.07, 6.45) is 4.57. The average molecular weight is 305 g/mol. The highest BCUT2D eigenvalue weighted by Gasteiger charge is 2.25. The third-order valence-electron chi connectivity index (χ3n) is 3.59. The lowest BCUT2D eigenvalue weighted by Gasteiger charge is -2.18. The first-order chi connectivity index (χ1) is 10.1. The van der Waals surface area contributed by atoms with Crippen LogP contribution in [0.3, 0.4) is 0 Å². The molecule has 2 amide bonds. The third kappa shape index (κ3) is 2.88.